The van der Waals surface area contributed by atoms with E-state index in [0.29, 0.717) is 25.6 Å². The Morgan fingerprint density at radius 2 is 1.92 bits per heavy atom. The molecule has 1 heterocycles. The van der Waals surface area contributed by atoms with Gasteiger partial charge in [-0.2, -0.15) is 0 Å². The third-order valence-electron chi connectivity index (χ3n) is 5.21. The largest absolute Gasteiger partial charge is 0.385 e. The summed E-state index contributed by atoms with van der Waals surface area (Å²) < 4.78 is 11.5. The van der Waals surface area contributed by atoms with E-state index in [2.05, 4.69) is 6.92 Å². The second kappa shape index (κ2) is 10.3. The van der Waals surface area contributed by atoms with Gasteiger partial charge >= 0.3 is 0 Å². The van der Waals surface area contributed by atoms with E-state index in [1.807, 2.05) is 6.08 Å². The van der Waals surface area contributed by atoms with E-state index in [1.54, 1.807) is 6.08 Å². The van der Waals surface area contributed by atoms with Crippen molar-refractivity contribution in [3.05, 3.63) is 12.2 Å². The molecule has 0 aromatic heterocycles. The van der Waals surface area contributed by atoms with Crippen molar-refractivity contribution in [2.75, 3.05) is 13.2 Å². The van der Waals surface area contributed by atoms with Gasteiger partial charge in [0.2, 0.25) is 0 Å². The predicted octanol–water partition coefficient (Wildman–Crippen LogP) is 4.16. The fourth-order valence-corrected chi connectivity index (χ4v) is 3.76. The smallest absolute Gasteiger partial charge is 0.183 e. The molecular formula is C20H34O4. The minimum absolute atomic E-state index is 0.156. The van der Waals surface area contributed by atoms with Gasteiger partial charge in [0.05, 0.1) is 13.2 Å². The molecule has 2 fully saturated rings. The molecule has 1 saturated heterocycles. The van der Waals surface area contributed by atoms with Crippen LogP contribution in [0, 0.1) is 5.92 Å². The molecule has 2 atom stereocenters. The maximum Gasteiger partial charge on any atom is 0.183 e. The molecule has 1 saturated carbocycles. The lowest BCUT2D eigenvalue weighted by Crippen LogP contribution is -2.36. The number of unbranched alkanes of at least 4 members (excludes halogenated alkanes) is 5. The van der Waals surface area contributed by atoms with Gasteiger partial charge in [0, 0.05) is 12.8 Å². The Balaban J connectivity index is 1.66. The van der Waals surface area contributed by atoms with Crippen molar-refractivity contribution in [1.29, 1.82) is 0 Å². The standard InChI is InChI=1S/C20H34O4/c1-2-3-4-5-6-7-10-18(21)19(22)12-11-17-9-8-13-20(16-17)23-14-15-24-20/h11-12,17-18,21H,2-10,13-16H2,1H3/b12-11+/t17-,18-/m1/s1. The van der Waals surface area contributed by atoms with Crippen LogP contribution in [0.15, 0.2) is 12.2 Å². The quantitative estimate of drug-likeness (QED) is 0.480. The van der Waals surface area contributed by atoms with Crippen molar-refractivity contribution in [2.24, 2.45) is 5.92 Å². The highest BCUT2D eigenvalue weighted by Crippen LogP contribution is 2.39. The van der Waals surface area contributed by atoms with E-state index in [1.165, 1.54) is 25.7 Å². The van der Waals surface area contributed by atoms with Gasteiger partial charge in [0.15, 0.2) is 11.6 Å². The van der Waals surface area contributed by atoms with Crippen LogP contribution < -0.4 is 0 Å². The highest BCUT2D eigenvalue weighted by Gasteiger charge is 2.40. The van der Waals surface area contributed by atoms with Crippen LogP contribution in [0.3, 0.4) is 0 Å². The summed E-state index contributed by atoms with van der Waals surface area (Å²) in [4.78, 5) is 12.1. The maximum atomic E-state index is 12.1. The molecular weight excluding hydrogens is 304 g/mol. The van der Waals surface area contributed by atoms with Crippen LogP contribution in [-0.4, -0.2) is 36.0 Å². The number of rotatable bonds is 10. The number of hydrogen-bond acceptors (Lipinski definition) is 4. The van der Waals surface area contributed by atoms with Crippen molar-refractivity contribution < 1.29 is 19.4 Å². The number of allylic oxidation sites excluding steroid dienone is 1. The Morgan fingerprint density at radius 3 is 2.67 bits per heavy atom. The van der Waals surface area contributed by atoms with Crippen molar-refractivity contribution in [3.8, 4) is 0 Å². The monoisotopic (exact) mass is 338 g/mol. The lowest BCUT2D eigenvalue weighted by atomic mass is 9.84. The van der Waals surface area contributed by atoms with Gasteiger partial charge in [-0.3, -0.25) is 4.79 Å². The molecule has 1 aliphatic carbocycles. The van der Waals surface area contributed by atoms with Gasteiger partial charge in [-0.25, -0.2) is 0 Å². The summed E-state index contributed by atoms with van der Waals surface area (Å²) in [6.07, 6.45) is 14.2. The van der Waals surface area contributed by atoms with Crippen molar-refractivity contribution in [3.63, 3.8) is 0 Å². The molecule has 4 heteroatoms. The first kappa shape index (κ1) is 19.6. The molecule has 0 aromatic rings. The molecule has 1 N–H and O–H groups in total. The van der Waals surface area contributed by atoms with Crippen molar-refractivity contribution in [2.45, 2.75) is 89.4 Å². The lowest BCUT2D eigenvalue weighted by Gasteiger charge is -2.35. The van der Waals surface area contributed by atoms with Gasteiger partial charge in [0.1, 0.15) is 6.10 Å². The van der Waals surface area contributed by atoms with Crippen LogP contribution >= 0.6 is 0 Å². The Labute approximate surface area is 146 Å². The summed E-state index contributed by atoms with van der Waals surface area (Å²) in [6, 6.07) is 0. The van der Waals surface area contributed by atoms with Crippen LogP contribution in [0.1, 0.15) is 77.6 Å². The zero-order valence-corrected chi connectivity index (χ0v) is 15.2. The van der Waals surface area contributed by atoms with Crippen molar-refractivity contribution >= 4 is 5.78 Å². The van der Waals surface area contributed by atoms with Crippen LogP contribution in [0.5, 0.6) is 0 Å². The number of hydrogen-bond donors (Lipinski definition) is 1. The summed E-state index contributed by atoms with van der Waals surface area (Å²) in [7, 11) is 0. The maximum absolute atomic E-state index is 12.1. The van der Waals surface area contributed by atoms with E-state index >= 15 is 0 Å². The van der Waals surface area contributed by atoms with E-state index < -0.39 is 11.9 Å². The number of carbonyl (C=O) groups excluding carboxylic acids is 1. The number of aliphatic hydroxyl groups excluding tert-OH is 1. The Morgan fingerprint density at radius 1 is 1.21 bits per heavy atom. The Kier molecular flexibility index (Phi) is 8.43. The Bertz CT molecular complexity index is 398. The number of carbonyl (C=O) groups is 1. The van der Waals surface area contributed by atoms with Gasteiger partial charge in [-0.05, 0) is 31.3 Å². The average molecular weight is 338 g/mol. The Hall–Kier alpha value is -0.710. The average Bonchev–Trinajstić information content (AvgIpc) is 3.03. The fraction of sp³-hybridized carbons (Fsp3) is 0.850. The third kappa shape index (κ3) is 6.30. The van der Waals surface area contributed by atoms with Crippen LogP contribution in [-0.2, 0) is 14.3 Å². The highest BCUT2D eigenvalue weighted by molar-refractivity contribution is 5.93. The second-order valence-corrected chi connectivity index (χ2v) is 7.30. The second-order valence-electron chi connectivity index (χ2n) is 7.30. The predicted molar refractivity (Wildman–Crippen MR) is 94.7 cm³/mol. The molecule has 1 spiro atoms. The first-order valence-electron chi connectivity index (χ1n) is 9.83. The molecule has 0 amide bonds. The molecule has 0 bridgehead atoms. The van der Waals surface area contributed by atoms with Crippen LogP contribution in [0.2, 0.25) is 0 Å². The summed E-state index contributed by atoms with van der Waals surface area (Å²) >= 11 is 0. The molecule has 0 unspecified atom stereocenters. The van der Waals surface area contributed by atoms with Gasteiger partial charge < -0.3 is 14.6 Å². The van der Waals surface area contributed by atoms with E-state index in [0.717, 1.165) is 38.5 Å². The molecule has 1 aliphatic heterocycles. The van der Waals surface area contributed by atoms with Gasteiger partial charge in [-0.15, -0.1) is 0 Å². The molecule has 4 nitrogen and oxygen atoms in total. The zero-order chi connectivity index (χ0) is 17.3. The molecule has 138 valence electrons. The molecule has 0 aromatic carbocycles. The van der Waals surface area contributed by atoms with Gasteiger partial charge in [-0.1, -0.05) is 51.5 Å². The number of ether oxygens (including phenoxy) is 2. The van der Waals surface area contributed by atoms with E-state index in [-0.39, 0.29) is 5.78 Å². The minimum atomic E-state index is -0.844. The fourth-order valence-electron chi connectivity index (χ4n) is 3.76. The summed E-state index contributed by atoms with van der Waals surface area (Å²) in [5, 5.41) is 10.0. The van der Waals surface area contributed by atoms with Gasteiger partial charge in [0.25, 0.3) is 0 Å². The molecule has 24 heavy (non-hydrogen) atoms. The number of ketones is 1. The first-order valence-corrected chi connectivity index (χ1v) is 9.83. The van der Waals surface area contributed by atoms with E-state index in [9.17, 15) is 9.90 Å². The SMILES string of the molecule is CCCCCCCC[C@@H](O)C(=O)/C=C/[C@H]1CCCC2(C1)OCCO2. The molecule has 0 radical (unpaired) electrons. The first-order chi connectivity index (χ1) is 11.7. The normalized spacial score (nSPS) is 24.7. The summed E-state index contributed by atoms with van der Waals surface area (Å²) in [5.74, 6) is -0.258. The van der Waals surface area contributed by atoms with Crippen LogP contribution in [0.25, 0.3) is 0 Å². The lowest BCUT2D eigenvalue weighted by molar-refractivity contribution is -0.183. The molecule has 2 rings (SSSR count). The highest BCUT2D eigenvalue weighted by atomic mass is 16.7. The third-order valence-corrected chi connectivity index (χ3v) is 5.21. The summed E-state index contributed by atoms with van der Waals surface area (Å²) in [5.41, 5.74) is 0. The molecule has 2 aliphatic rings. The van der Waals surface area contributed by atoms with E-state index in [4.69, 9.17) is 9.47 Å². The summed E-state index contributed by atoms with van der Waals surface area (Å²) in [6.45, 7) is 3.55. The topological polar surface area (TPSA) is 55.8 Å². The van der Waals surface area contributed by atoms with Crippen molar-refractivity contribution in [1.82, 2.24) is 0 Å². The van der Waals surface area contributed by atoms with Crippen LogP contribution in [0.4, 0.5) is 0 Å². The number of aliphatic hydroxyl groups is 1. The zero-order valence-electron chi connectivity index (χ0n) is 15.2. The minimum Gasteiger partial charge on any atom is -0.385 e.